The molecule has 1 atom stereocenters. The number of nitrogens with zero attached hydrogens (tertiary/aromatic N) is 3. The summed E-state index contributed by atoms with van der Waals surface area (Å²) in [6.07, 6.45) is 8.99. The number of aromatic nitrogens is 2. The van der Waals surface area contributed by atoms with Crippen LogP contribution in [0.2, 0.25) is 0 Å². The van der Waals surface area contributed by atoms with E-state index in [1.165, 1.54) is 19.3 Å². The summed E-state index contributed by atoms with van der Waals surface area (Å²) in [4.78, 5) is 14.9. The van der Waals surface area contributed by atoms with Gasteiger partial charge >= 0.3 is 0 Å². The smallest absolute Gasteiger partial charge is 0.231 e. The van der Waals surface area contributed by atoms with Gasteiger partial charge in [0.2, 0.25) is 5.91 Å². The van der Waals surface area contributed by atoms with Crippen LogP contribution in [0.15, 0.2) is 12.3 Å². The molecule has 4 rings (SSSR count). The second-order valence-corrected chi connectivity index (χ2v) is 7.06. The second kappa shape index (κ2) is 6.61. The van der Waals surface area contributed by atoms with Crippen molar-refractivity contribution in [3.63, 3.8) is 0 Å². The van der Waals surface area contributed by atoms with E-state index in [1.54, 1.807) is 6.20 Å². The maximum absolute atomic E-state index is 12.3. The molecule has 1 aromatic rings. The molecule has 2 saturated heterocycles. The lowest BCUT2D eigenvalue weighted by Crippen LogP contribution is -2.45. The van der Waals surface area contributed by atoms with E-state index in [1.807, 2.05) is 10.7 Å². The number of carbonyl (C=O) groups excluding carboxylic acids is 1. The Kier molecular flexibility index (Phi) is 4.35. The summed E-state index contributed by atoms with van der Waals surface area (Å²) in [7, 11) is 0. The van der Waals surface area contributed by atoms with Gasteiger partial charge in [-0.15, -0.1) is 0 Å². The van der Waals surface area contributed by atoms with Gasteiger partial charge in [0.1, 0.15) is 5.82 Å². The Morgan fingerprint density at radius 1 is 1.17 bits per heavy atom. The molecule has 1 unspecified atom stereocenters. The predicted octanol–water partition coefficient (Wildman–Crippen LogP) is 2.05. The zero-order chi connectivity index (χ0) is 15.6. The summed E-state index contributed by atoms with van der Waals surface area (Å²) in [6, 6.07) is 3.14. The van der Waals surface area contributed by atoms with E-state index >= 15 is 0 Å². The Hall–Kier alpha value is -1.40. The van der Waals surface area contributed by atoms with Crippen LogP contribution in [0.1, 0.15) is 44.6 Å². The molecule has 0 bridgehead atoms. The van der Waals surface area contributed by atoms with Crippen LogP contribution in [-0.2, 0) is 9.53 Å². The molecule has 3 heterocycles. The average molecular weight is 318 g/mol. The highest BCUT2D eigenvalue weighted by Gasteiger charge is 2.30. The second-order valence-electron chi connectivity index (χ2n) is 7.06. The molecule has 1 amide bonds. The van der Waals surface area contributed by atoms with Crippen LogP contribution in [0.3, 0.4) is 0 Å². The number of nitrogens with one attached hydrogen (secondary N) is 1. The first-order valence-corrected chi connectivity index (χ1v) is 8.97. The number of hydrogen-bond acceptors (Lipinski definition) is 4. The number of rotatable bonds is 4. The first-order chi connectivity index (χ1) is 11.3. The van der Waals surface area contributed by atoms with Gasteiger partial charge in [-0.25, -0.2) is 4.68 Å². The highest BCUT2D eigenvalue weighted by molar-refractivity contribution is 5.92. The van der Waals surface area contributed by atoms with Crippen LogP contribution in [0, 0.1) is 5.92 Å². The van der Waals surface area contributed by atoms with E-state index in [-0.39, 0.29) is 11.8 Å². The average Bonchev–Trinajstić information content (AvgIpc) is 3.17. The van der Waals surface area contributed by atoms with Crippen molar-refractivity contribution in [3.05, 3.63) is 12.3 Å². The van der Waals surface area contributed by atoms with Gasteiger partial charge in [0.25, 0.3) is 0 Å². The molecule has 0 aromatic carbocycles. The minimum atomic E-state index is -0.0150. The molecule has 0 spiro atoms. The van der Waals surface area contributed by atoms with Crippen molar-refractivity contribution in [2.75, 3.05) is 31.6 Å². The summed E-state index contributed by atoms with van der Waals surface area (Å²) in [5.74, 6) is 0.888. The van der Waals surface area contributed by atoms with Crippen LogP contribution in [0.5, 0.6) is 0 Å². The molecular formula is C17H26N4O2. The molecule has 2 aliphatic heterocycles. The van der Waals surface area contributed by atoms with Gasteiger partial charge in [-0.05, 0) is 32.1 Å². The van der Waals surface area contributed by atoms with Gasteiger partial charge in [0.15, 0.2) is 0 Å². The van der Waals surface area contributed by atoms with E-state index in [4.69, 9.17) is 4.74 Å². The summed E-state index contributed by atoms with van der Waals surface area (Å²) in [6.45, 7) is 3.54. The molecule has 1 N–H and O–H groups in total. The maximum atomic E-state index is 12.3. The molecule has 6 heteroatoms. The van der Waals surface area contributed by atoms with Crippen molar-refractivity contribution in [1.82, 2.24) is 14.7 Å². The van der Waals surface area contributed by atoms with Crippen molar-refractivity contribution in [3.8, 4) is 0 Å². The Morgan fingerprint density at radius 2 is 2.00 bits per heavy atom. The zero-order valence-electron chi connectivity index (χ0n) is 13.6. The SMILES string of the molecule is O=C(Nc1ccnn1C1CCN(C2CCC2)CC1)C1CCOC1. The van der Waals surface area contributed by atoms with E-state index in [0.29, 0.717) is 19.3 Å². The molecule has 1 saturated carbocycles. The van der Waals surface area contributed by atoms with Crippen LogP contribution in [0.25, 0.3) is 0 Å². The minimum Gasteiger partial charge on any atom is -0.381 e. The van der Waals surface area contributed by atoms with Crippen molar-refractivity contribution in [1.29, 1.82) is 0 Å². The number of likely N-dealkylation sites (tertiary alicyclic amines) is 1. The normalized spacial score (nSPS) is 27.0. The molecule has 23 heavy (non-hydrogen) atoms. The van der Waals surface area contributed by atoms with Gasteiger partial charge in [-0.3, -0.25) is 4.79 Å². The number of anilines is 1. The summed E-state index contributed by atoms with van der Waals surface area (Å²) < 4.78 is 7.33. The number of carbonyl (C=O) groups is 1. The topological polar surface area (TPSA) is 59.4 Å². The van der Waals surface area contributed by atoms with Crippen molar-refractivity contribution in [2.24, 2.45) is 5.92 Å². The lowest BCUT2D eigenvalue weighted by Gasteiger charge is -2.41. The zero-order valence-corrected chi connectivity index (χ0v) is 13.6. The number of ether oxygens (including phenoxy) is 1. The Bertz CT molecular complexity index is 541. The lowest BCUT2D eigenvalue weighted by molar-refractivity contribution is -0.119. The third-order valence-electron chi connectivity index (χ3n) is 5.66. The molecular weight excluding hydrogens is 292 g/mol. The van der Waals surface area contributed by atoms with Crippen LogP contribution in [-0.4, -0.2) is 52.9 Å². The fraction of sp³-hybridized carbons (Fsp3) is 0.765. The maximum Gasteiger partial charge on any atom is 0.231 e. The Balaban J connectivity index is 1.36. The monoisotopic (exact) mass is 318 g/mol. The standard InChI is InChI=1S/C17H26N4O2/c22-17(13-7-11-23-12-13)19-16-4-8-18-21(16)15-5-9-20(10-6-15)14-2-1-3-14/h4,8,13-15H,1-3,5-7,9-12H2,(H,19,22). The first kappa shape index (κ1) is 15.1. The largest absolute Gasteiger partial charge is 0.381 e. The van der Waals surface area contributed by atoms with Crippen molar-refractivity contribution >= 4 is 11.7 Å². The van der Waals surface area contributed by atoms with Gasteiger partial charge in [0.05, 0.1) is 24.8 Å². The van der Waals surface area contributed by atoms with Crippen LogP contribution in [0.4, 0.5) is 5.82 Å². The molecule has 1 aliphatic carbocycles. The summed E-state index contributed by atoms with van der Waals surface area (Å²) in [5.41, 5.74) is 0. The lowest BCUT2D eigenvalue weighted by atomic mass is 9.89. The van der Waals surface area contributed by atoms with Gasteiger partial charge in [-0.1, -0.05) is 6.42 Å². The molecule has 3 aliphatic rings. The first-order valence-electron chi connectivity index (χ1n) is 8.97. The predicted molar refractivity (Wildman–Crippen MR) is 87.3 cm³/mol. The number of hydrogen-bond donors (Lipinski definition) is 1. The van der Waals surface area contributed by atoms with Crippen molar-refractivity contribution in [2.45, 2.75) is 50.6 Å². The minimum absolute atomic E-state index is 0.0150. The number of amides is 1. The highest BCUT2D eigenvalue weighted by Crippen LogP contribution is 2.31. The third kappa shape index (κ3) is 3.15. The quantitative estimate of drug-likeness (QED) is 0.923. The molecule has 3 fully saturated rings. The Morgan fingerprint density at radius 3 is 2.65 bits per heavy atom. The summed E-state index contributed by atoms with van der Waals surface area (Å²) in [5, 5.41) is 7.53. The van der Waals surface area contributed by atoms with Gasteiger partial charge < -0.3 is 15.0 Å². The number of piperidine rings is 1. The van der Waals surface area contributed by atoms with E-state index in [0.717, 1.165) is 44.2 Å². The molecule has 6 nitrogen and oxygen atoms in total. The van der Waals surface area contributed by atoms with E-state index in [9.17, 15) is 4.79 Å². The van der Waals surface area contributed by atoms with E-state index in [2.05, 4.69) is 15.3 Å². The molecule has 1 aromatic heterocycles. The third-order valence-corrected chi connectivity index (χ3v) is 5.66. The van der Waals surface area contributed by atoms with Crippen LogP contribution < -0.4 is 5.32 Å². The highest BCUT2D eigenvalue weighted by atomic mass is 16.5. The molecule has 0 radical (unpaired) electrons. The van der Waals surface area contributed by atoms with Crippen molar-refractivity contribution < 1.29 is 9.53 Å². The fourth-order valence-corrected chi connectivity index (χ4v) is 3.92. The Labute approximate surface area is 137 Å². The van der Waals surface area contributed by atoms with Gasteiger partial charge in [0, 0.05) is 31.8 Å². The molecule has 126 valence electrons. The summed E-state index contributed by atoms with van der Waals surface area (Å²) >= 11 is 0. The van der Waals surface area contributed by atoms with Crippen LogP contribution >= 0.6 is 0 Å². The fourth-order valence-electron chi connectivity index (χ4n) is 3.92. The van der Waals surface area contributed by atoms with Gasteiger partial charge in [-0.2, -0.15) is 5.10 Å². The van der Waals surface area contributed by atoms with E-state index < -0.39 is 0 Å².